The Balaban J connectivity index is 1.41. The van der Waals surface area contributed by atoms with Gasteiger partial charge in [0.2, 0.25) is 5.91 Å². The Hall–Kier alpha value is -3.87. The molecule has 0 bridgehead atoms. The lowest BCUT2D eigenvalue weighted by Gasteiger charge is -2.38. The molecule has 7 nitrogen and oxygen atoms in total. The Morgan fingerprint density at radius 3 is 2.53 bits per heavy atom. The molecule has 162 valence electrons. The molecule has 0 unspecified atom stereocenters. The summed E-state index contributed by atoms with van der Waals surface area (Å²) in [7, 11) is 1.59. The highest BCUT2D eigenvalue weighted by Gasteiger charge is 2.49. The molecule has 3 aromatic rings. The maximum absolute atomic E-state index is 13.1. The van der Waals surface area contributed by atoms with Crippen molar-refractivity contribution in [1.29, 1.82) is 0 Å². The summed E-state index contributed by atoms with van der Waals surface area (Å²) in [6, 6.07) is 16.7. The third-order valence-corrected chi connectivity index (χ3v) is 6.29. The minimum atomic E-state index is -0.681. The maximum Gasteiger partial charge on any atom is 0.255 e. The zero-order valence-corrected chi connectivity index (χ0v) is 17.7. The topological polar surface area (TPSA) is 80.8 Å². The number of hydrogen-bond acceptors (Lipinski definition) is 5. The molecule has 1 aromatic heterocycles. The summed E-state index contributed by atoms with van der Waals surface area (Å²) >= 11 is 0. The average molecular weight is 429 g/mol. The zero-order chi connectivity index (χ0) is 22.1. The molecule has 0 atom stereocenters. The van der Waals surface area contributed by atoms with Gasteiger partial charge in [0, 0.05) is 37.2 Å². The number of aromatic nitrogens is 1. The lowest BCUT2D eigenvalue weighted by molar-refractivity contribution is -0.122. The van der Waals surface area contributed by atoms with Crippen LogP contribution in [0.15, 0.2) is 67.0 Å². The van der Waals surface area contributed by atoms with E-state index >= 15 is 0 Å². The van der Waals surface area contributed by atoms with Gasteiger partial charge in [0.05, 0.1) is 18.1 Å². The van der Waals surface area contributed by atoms with Crippen molar-refractivity contribution in [2.45, 2.75) is 18.3 Å². The first-order valence-corrected chi connectivity index (χ1v) is 10.6. The Labute approximate surface area is 186 Å². The van der Waals surface area contributed by atoms with Crippen molar-refractivity contribution in [2.75, 3.05) is 25.5 Å². The van der Waals surface area contributed by atoms with Crippen LogP contribution in [0.2, 0.25) is 0 Å². The Morgan fingerprint density at radius 1 is 1.06 bits per heavy atom. The van der Waals surface area contributed by atoms with Crippen LogP contribution in [-0.2, 0) is 10.2 Å². The summed E-state index contributed by atoms with van der Waals surface area (Å²) in [6.07, 6.45) is 4.30. The molecule has 0 aliphatic carbocycles. The number of para-hydroxylation sites is 1. The van der Waals surface area contributed by atoms with E-state index in [1.165, 1.54) is 0 Å². The summed E-state index contributed by atoms with van der Waals surface area (Å²) in [4.78, 5) is 31.7. The van der Waals surface area contributed by atoms with Crippen molar-refractivity contribution in [3.05, 3.63) is 78.1 Å². The van der Waals surface area contributed by atoms with Gasteiger partial charge in [-0.15, -0.1) is 0 Å². The van der Waals surface area contributed by atoms with Crippen LogP contribution in [0.1, 0.15) is 28.8 Å². The van der Waals surface area contributed by atoms with Gasteiger partial charge in [-0.25, -0.2) is 0 Å². The predicted octanol–water partition coefficient (Wildman–Crippen LogP) is 4.01. The molecule has 5 rings (SSSR count). The number of rotatable bonds is 4. The standard InChI is InChI=1S/C25H23N3O4/c1-31-21-14-19-20(15-22(21)32-18-7-3-2-4-8-18)27-24(30)25(19)9-12-28(13-10-25)23(29)17-6-5-11-26-16-17/h2-8,11,14-16H,9-10,12-13H2,1H3,(H,27,30). The first-order valence-electron chi connectivity index (χ1n) is 10.6. The summed E-state index contributed by atoms with van der Waals surface area (Å²) < 4.78 is 11.6. The van der Waals surface area contributed by atoms with E-state index in [9.17, 15) is 9.59 Å². The molecule has 7 heteroatoms. The first kappa shape index (κ1) is 20.1. The number of amides is 2. The number of nitrogens with one attached hydrogen (secondary N) is 1. The van der Waals surface area contributed by atoms with Gasteiger partial charge >= 0.3 is 0 Å². The summed E-state index contributed by atoms with van der Waals surface area (Å²) in [5.41, 5.74) is 1.51. The number of carbonyl (C=O) groups excluding carboxylic acids is 2. The first-order chi connectivity index (χ1) is 15.6. The number of methoxy groups -OCH3 is 1. The minimum Gasteiger partial charge on any atom is -0.493 e. The number of anilines is 1. The molecule has 2 aliphatic heterocycles. The number of fused-ring (bicyclic) bond motifs is 2. The number of carbonyl (C=O) groups is 2. The van der Waals surface area contributed by atoms with E-state index in [0.29, 0.717) is 48.7 Å². The van der Waals surface area contributed by atoms with Crippen LogP contribution in [0.3, 0.4) is 0 Å². The molecule has 1 spiro atoms. The normalized spacial score (nSPS) is 16.4. The van der Waals surface area contributed by atoms with Gasteiger partial charge in [-0.2, -0.15) is 0 Å². The van der Waals surface area contributed by atoms with E-state index in [2.05, 4.69) is 10.3 Å². The van der Waals surface area contributed by atoms with Crippen molar-refractivity contribution < 1.29 is 19.1 Å². The second-order valence-corrected chi connectivity index (χ2v) is 8.03. The van der Waals surface area contributed by atoms with Crippen molar-refractivity contribution in [2.24, 2.45) is 0 Å². The largest absolute Gasteiger partial charge is 0.493 e. The fraction of sp³-hybridized carbons (Fsp3) is 0.240. The van der Waals surface area contributed by atoms with Crippen LogP contribution in [0.5, 0.6) is 17.2 Å². The lowest BCUT2D eigenvalue weighted by Crippen LogP contribution is -2.48. The summed E-state index contributed by atoms with van der Waals surface area (Å²) in [5, 5.41) is 3.02. The number of pyridine rings is 1. The number of likely N-dealkylation sites (tertiary alicyclic amines) is 1. The molecule has 0 saturated carbocycles. The second-order valence-electron chi connectivity index (χ2n) is 8.03. The monoisotopic (exact) mass is 429 g/mol. The molecule has 2 aliphatic rings. The molecule has 0 radical (unpaired) electrons. The minimum absolute atomic E-state index is 0.0418. The van der Waals surface area contributed by atoms with Gasteiger partial charge in [0.25, 0.3) is 5.91 Å². The van der Waals surface area contributed by atoms with Gasteiger partial charge in [-0.1, -0.05) is 18.2 Å². The van der Waals surface area contributed by atoms with E-state index in [1.807, 2.05) is 42.5 Å². The van der Waals surface area contributed by atoms with Gasteiger partial charge in [-0.05, 0) is 48.7 Å². The third-order valence-electron chi connectivity index (χ3n) is 6.29. The Morgan fingerprint density at radius 2 is 1.84 bits per heavy atom. The van der Waals surface area contributed by atoms with E-state index in [4.69, 9.17) is 9.47 Å². The van der Waals surface area contributed by atoms with Crippen molar-refractivity contribution in [3.8, 4) is 17.2 Å². The quantitative estimate of drug-likeness (QED) is 0.678. The number of benzene rings is 2. The highest BCUT2D eigenvalue weighted by Crippen LogP contribution is 2.49. The average Bonchev–Trinajstić information content (AvgIpc) is 3.09. The van der Waals surface area contributed by atoms with E-state index < -0.39 is 5.41 Å². The summed E-state index contributed by atoms with van der Waals surface area (Å²) in [5.74, 6) is 1.69. The van der Waals surface area contributed by atoms with Gasteiger partial charge in [-0.3, -0.25) is 14.6 Å². The maximum atomic E-state index is 13.1. The van der Waals surface area contributed by atoms with Gasteiger partial charge in [0.1, 0.15) is 5.75 Å². The van der Waals surface area contributed by atoms with Crippen molar-refractivity contribution in [1.82, 2.24) is 9.88 Å². The molecule has 3 heterocycles. The van der Waals surface area contributed by atoms with Crippen LogP contribution in [0.4, 0.5) is 5.69 Å². The molecular formula is C25H23N3O4. The molecule has 2 amide bonds. The highest BCUT2D eigenvalue weighted by atomic mass is 16.5. The lowest BCUT2D eigenvalue weighted by atomic mass is 9.73. The van der Waals surface area contributed by atoms with E-state index in [0.717, 1.165) is 11.3 Å². The van der Waals surface area contributed by atoms with Crippen LogP contribution in [0, 0.1) is 0 Å². The Bertz CT molecular complexity index is 1160. The van der Waals surface area contributed by atoms with E-state index in [-0.39, 0.29) is 11.8 Å². The zero-order valence-electron chi connectivity index (χ0n) is 17.7. The molecule has 1 fully saturated rings. The summed E-state index contributed by atoms with van der Waals surface area (Å²) in [6.45, 7) is 0.982. The van der Waals surface area contributed by atoms with Crippen LogP contribution < -0.4 is 14.8 Å². The molecule has 32 heavy (non-hydrogen) atoms. The van der Waals surface area contributed by atoms with Crippen LogP contribution in [0.25, 0.3) is 0 Å². The second kappa shape index (κ2) is 8.00. The smallest absolute Gasteiger partial charge is 0.255 e. The Kier molecular flexibility index (Phi) is 5.01. The number of nitrogens with zero attached hydrogens (tertiary/aromatic N) is 2. The van der Waals surface area contributed by atoms with Crippen molar-refractivity contribution in [3.63, 3.8) is 0 Å². The third kappa shape index (κ3) is 3.36. The number of hydrogen-bond donors (Lipinski definition) is 1. The predicted molar refractivity (Wildman–Crippen MR) is 119 cm³/mol. The molecule has 2 aromatic carbocycles. The molecule has 1 saturated heterocycles. The molecular weight excluding hydrogens is 406 g/mol. The molecule has 1 N–H and O–H groups in total. The SMILES string of the molecule is COc1cc2c(cc1Oc1ccccc1)NC(=O)C21CCN(C(=O)c2cccnc2)CC1. The number of piperidine rings is 1. The van der Waals surface area contributed by atoms with Gasteiger partial charge in [0.15, 0.2) is 11.5 Å². The van der Waals surface area contributed by atoms with E-state index in [1.54, 1.807) is 36.5 Å². The number of ether oxygens (including phenoxy) is 2. The highest BCUT2D eigenvalue weighted by molar-refractivity contribution is 6.07. The van der Waals surface area contributed by atoms with Gasteiger partial charge < -0.3 is 19.7 Å². The van der Waals surface area contributed by atoms with Crippen LogP contribution in [-0.4, -0.2) is 41.9 Å². The fourth-order valence-electron chi connectivity index (χ4n) is 4.54. The fourth-order valence-corrected chi connectivity index (χ4v) is 4.54. The van der Waals surface area contributed by atoms with Crippen LogP contribution >= 0.6 is 0 Å². The van der Waals surface area contributed by atoms with Crippen molar-refractivity contribution >= 4 is 17.5 Å².